The van der Waals surface area contributed by atoms with Crippen LogP contribution in [0.3, 0.4) is 0 Å². The first-order valence-electron chi connectivity index (χ1n) is 5.27. The molecule has 0 saturated carbocycles. The number of nitrogens with zero attached hydrogens (tertiary/aromatic N) is 2. The van der Waals surface area contributed by atoms with E-state index in [1.807, 2.05) is 0 Å². The molecule has 0 radical (unpaired) electrons. The first-order valence-corrected chi connectivity index (χ1v) is 6.26. The Morgan fingerprint density at radius 3 is 2.89 bits per heavy atom. The monoisotopic (exact) mass is 279 g/mol. The number of hydrogen-bond acceptors (Lipinski definition) is 5. The number of anilines is 1. The number of thioether (sulfide) groups is 1. The molecule has 0 aliphatic rings. The van der Waals surface area contributed by atoms with Gasteiger partial charge in [-0.25, -0.2) is 19.2 Å². The van der Waals surface area contributed by atoms with E-state index in [0.717, 1.165) is 0 Å². The van der Waals surface area contributed by atoms with Crippen molar-refractivity contribution in [3.05, 3.63) is 47.8 Å². The van der Waals surface area contributed by atoms with Crippen LogP contribution in [-0.4, -0.2) is 21.0 Å². The summed E-state index contributed by atoms with van der Waals surface area (Å²) in [6.07, 6.45) is 2.52. The van der Waals surface area contributed by atoms with Crippen molar-refractivity contribution in [1.82, 2.24) is 9.97 Å². The van der Waals surface area contributed by atoms with Crippen LogP contribution in [0.1, 0.15) is 16.1 Å². The lowest BCUT2D eigenvalue weighted by Gasteiger charge is -2.05. The molecular formula is C12H10FN3O2S. The summed E-state index contributed by atoms with van der Waals surface area (Å²) in [6.45, 7) is 0. The molecule has 0 bridgehead atoms. The molecule has 0 amide bonds. The molecule has 0 aliphatic carbocycles. The fraction of sp³-hybridized carbons (Fsp3) is 0.0833. The summed E-state index contributed by atoms with van der Waals surface area (Å²) >= 11 is 1.26. The molecule has 0 saturated heterocycles. The fourth-order valence-electron chi connectivity index (χ4n) is 1.47. The van der Waals surface area contributed by atoms with Gasteiger partial charge in [-0.1, -0.05) is 0 Å². The van der Waals surface area contributed by atoms with Crippen LogP contribution in [0.4, 0.5) is 10.1 Å². The minimum Gasteiger partial charge on any atom is -0.478 e. The van der Waals surface area contributed by atoms with Crippen LogP contribution < -0.4 is 5.73 Å². The van der Waals surface area contributed by atoms with Crippen molar-refractivity contribution in [3.8, 4) is 0 Å². The number of hydrogen-bond donors (Lipinski definition) is 2. The maximum absolute atomic E-state index is 13.1. The van der Waals surface area contributed by atoms with E-state index in [4.69, 9.17) is 10.8 Å². The van der Waals surface area contributed by atoms with Gasteiger partial charge < -0.3 is 10.8 Å². The number of aromatic carboxylic acids is 1. The summed E-state index contributed by atoms with van der Waals surface area (Å²) in [4.78, 5) is 19.2. The smallest absolute Gasteiger partial charge is 0.339 e. The summed E-state index contributed by atoms with van der Waals surface area (Å²) in [7, 11) is 0. The minimum absolute atomic E-state index is 0.0411. The third kappa shape index (κ3) is 3.41. The third-order valence-corrected chi connectivity index (χ3v) is 3.28. The van der Waals surface area contributed by atoms with Crippen molar-refractivity contribution >= 4 is 23.4 Å². The lowest BCUT2D eigenvalue weighted by Crippen LogP contribution is -2.04. The Labute approximate surface area is 112 Å². The zero-order valence-electron chi connectivity index (χ0n) is 9.71. The second kappa shape index (κ2) is 5.66. The van der Waals surface area contributed by atoms with E-state index in [2.05, 4.69) is 9.97 Å². The van der Waals surface area contributed by atoms with E-state index < -0.39 is 11.8 Å². The van der Waals surface area contributed by atoms with E-state index in [9.17, 15) is 9.18 Å². The molecule has 7 heteroatoms. The number of rotatable bonds is 4. The van der Waals surface area contributed by atoms with Crippen LogP contribution in [0.5, 0.6) is 0 Å². The van der Waals surface area contributed by atoms with Gasteiger partial charge in [-0.15, -0.1) is 11.8 Å². The molecule has 0 unspecified atom stereocenters. The Bertz CT molecular complexity index is 601. The number of aromatic nitrogens is 2. The number of carboxylic acids is 1. The van der Waals surface area contributed by atoms with E-state index >= 15 is 0 Å². The highest BCUT2D eigenvalue weighted by molar-refractivity contribution is 7.98. The van der Waals surface area contributed by atoms with Gasteiger partial charge in [0.05, 0.1) is 5.69 Å². The Morgan fingerprint density at radius 2 is 2.21 bits per heavy atom. The largest absolute Gasteiger partial charge is 0.478 e. The van der Waals surface area contributed by atoms with Crippen molar-refractivity contribution in [3.63, 3.8) is 0 Å². The van der Waals surface area contributed by atoms with Gasteiger partial charge in [-0.3, -0.25) is 0 Å². The van der Waals surface area contributed by atoms with Crippen molar-refractivity contribution in [2.24, 2.45) is 0 Å². The number of nitrogens with two attached hydrogens (primary N) is 1. The average molecular weight is 279 g/mol. The fourth-order valence-corrected chi connectivity index (χ4v) is 2.42. The second-order valence-electron chi connectivity index (χ2n) is 3.70. The van der Waals surface area contributed by atoms with Gasteiger partial charge in [0.15, 0.2) is 0 Å². The Hall–Kier alpha value is -2.15. The van der Waals surface area contributed by atoms with E-state index in [0.29, 0.717) is 22.0 Å². The van der Waals surface area contributed by atoms with Crippen LogP contribution in [0, 0.1) is 5.82 Å². The normalized spacial score (nSPS) is 10.4. The quantitative estimate of drug-likeness (QED) is 0.658. The van der Waals surface area contributed by atoms with Crippen molar-refractivity contribution in [2.75, 3.05) is 5.73 Å². The van der Waals surface area contributed by atoms with Gasteiger partial charge >= 0.3 is 5.97 Å². The molecule has 0 atom stereocenters. The molecule has 19 heavy (non-hydrogen) atoms. The number of carbonyl (C=O) groups is 1. The summed E-state index contributed by atoms with van der Waals surface area (Å²) in [6, 6.07) is 4.18. The van der Waals surface area contributed by atoms with E-state index in [1.165, 1.54) is 36.4 Å². The van der Waals surface area contributed by atoms with Gasteiger partial charge in [0.25, 0.3) is 0 Å². The van der Waals surface area contributed by atoms with E-state index in [1.54, 1.807) is 6.07 Å². The number of benzene rings is 1. The molecule has 0 aliphatic heterocycles. The molecule has 3 N–H and O–H groups in total. The molecule has 2 rings (SSSR count). The van der Waals surface area contributed by atoms with Crippen molar-refractivity contribution in [1.29, 1.82) is 0 Å². The Kier molecular flexibility index (Phi) is 3.96. The topological polar surface area (TPSA) is 89.1 Å². The average Bonchev–Trinajstić information content (AvgIpc) is 2.35. The summed E-state index contributed by atoms with van der Waals surface area (Å²) in [5.74, 6) is -1.22. The molecule has 5 nitrogen and oxygen atoms in total. The highest BCUT2D eigenvalue weighted by Gasteiger charge is 2.11. The summed E-state index contributed by atoms with van der Waals surface area (Å²) in [5.41, 5.74) is 6.28. The van der Waals surface area contributed by atoms with Crippen molar-refractivity contribution < 1.29 is 14.3 Å². The Morgan fingerprint density at radius 1 is 1.42 bits per heavy atom. The second-order valence-corrected chi connectivity index (χ2v) is 4.75. The first kappa shape index (κ1) is 13.3. The molecule has 0 spiro atoms. The maximum Gasteiger partial charge on any atom is 0.339 e. The molecule has 1 heterocycles. The molecule has 1 aromatic heterocycles. The predicted molar refractivity (Wildman–Crippen MR) is 69.4 cm³/mol. The highest BCUT2D eigenvalue weighted by atomic mass is 32.2. The lowest BCUT2D eigenvalue weighted by atomic mass is 10.2. The highest BCUT2D eigenvalue weighted by Crippen LogP contribution is 2.25. The molecule has 2 aromatic rings. The van der Waals surface area contributed by atoms with Gasteiger partial charge in [-0.05, 0) is 18.2 Å². The Balaban J connectivity index is 2.16. The number of halogens is 1. The van der Waals surface area contributed by atoms with Crippen molar-refractivity contribution in [2.45, 2.75) is 10.6 Å². The molecule has 98 valence electrons. The zero-order valence-corrected chi connectivity index (χ0v) is 10.5. The van der Waals surface area contributed by atoms with E-state index in [-0.39, 0.29) is 5.56 Å². The molecule has 1 aromatic carbocycles. The zero-order chi connectivity index (χ0) is 13.8. The SMILES string of the molecule is Nc1cc(F)cc(SCc2ncncc2C(=O)O)c1. The van der Waals surface area contributed by atoms with Gasteiger partial charge in [0.1, 0.15) is 17.7 Å². The molecule has 0 fully saturated rings. The lowest BCUT2D eigenvalue weighted by molar-refractivity contribution is 0.0695. The van der Waals surface area contributed by atoms with Crippen LogP contribution in [0.25, 0.3) is 0 Å². The third-order valence-electron chi connectivity index (χ3n) is 2.29. The van der Waals surface area contributed by atoms with Gasteiger partial charge in [-0.2, -0.15) is 0 Å². The minimum atomic E-state index is -1.09. The van der Waals surface area contributed by atoms with Crippen LogP contribution >= 0.6 is 11.8 Å². The standard InChI is InChI=1S/C12H10FN3O2S/c13-7-1-8(14)3-9(2-7)19-5-11-10(12(17)18)4-15-6-16-11/h1-4,6H,5,14H2,(H,17,18). The predicted octanol–water partition coefficient (Wildman–Crippen LogP) is 2.19. The van der Waals surface area contributed by atoms with Crippen LogP contribution in [-0.2, 0) is 5.75 Å². The molecular weight excluding hydrogens is 269 g/mol. The maximum atomic E-state index is 13.1. The summed E-state index contributed by atoms with van der Waals surface area (Å²) in [5, 5.41) is 8.98. The van der Waals surface area contributed by atoms with Crippen LogP contribution in [0.2, 0.25) is 0 Å². The number of carboxylic acid groups (broad SMARTS) is 1. The number of nitrogen functional groups attached to an aromatic ring is 1. The first-order chi connectivity index (χ1) is 9.06. The van der Waals surface area contributed by atoms with Gasteiger partial charge in [0, 0.05) is 22.5 Å². The van der Waals surface area contributed by atoms with Crippen LogP contribution in [0.15, 0.2) is 35.6 Å². The summed E-state index contributed by atoms with van der Waals surface area (Å²) < 4.78 is 13.1. The van der Waals surface area contributed by atoms with Gasteiger partial charge in [0.2, 0.25) is 0 Å².